The highest BCUT2D eigenvalue weighted by Crippen LogP contribution is 2.45. The molecule has 1 aromatic heterocycles. The van der Waals surface area contributed by atoms with E-state index < -0.39 is 74.7 Å². The van der Waals surface area contributed by atoms with Crippen LogP contribution < -0.4 is 24.8 Å². The zero-order valence-electron chi connectivity index (χ0n) is 30.4. The number of sulfonamides is 1. The number of Topliss-reactive ketones (excluding diaryl/α,β-unsaturated/α-hetero) is 1. The molecule has 3 N–H and O–H groups in total. The molecule has 2 aliphatic carbocycles. The average molecular weight is 754 g/mol. The normalized spacial score (nSPS) is 26.5. The molecule has 5 atom stereocenters. The summed E-state index contributed by atoms with van der Waals surface area (Å²) < 4.78 is 45.2. The summed E-state index contributed by atoms with van der Waals surface area (Å²) in [7, 11) is -2.36. The molecule has 1 saturated heterocycles. The topological polar surface area (TPSA) is 199 Å². The molecule has 1 aromatic carbocycles. The van der Waals surface area contributed by atoms with Crippen molar-refractivity contribution in [2.75, 3.05) is 20.3 Å². The third-order valence-electron chi connectivity index (χ3n) is 10.5. The van der Waals surface area contributed by atoms with Gasteiger partial charge >= 0.3 is 6.09 Å². The molecular formula is C37H47N5O10S. The number of alkyl carbamates (subject to hydrolysis) is 1. The minimum absolute atomic E-state index is 0.0219. The Kier molecular flexibility index (Phi) is 10.7. The monoisotopic (exact) mass is 753 g/mol. The number of carbonyl (C=O) groups excluding carboxylic acids is 5. The number of amides is 4. The smallest absolute Gasteiger partial charge is 0.407 e. The lowest BCUT2D eigenvalue weighted by Crippen LogP contribution is -2.59. The van der Waals surface area contributed by atoms with E-state index >= 15 is 0 Å². The predicted molar refractivity (Wildman–Crippen MR) is 193 cm³/mol. The Labute approximate surface area is 308 Å². The number of cyclic esters (lactones) is 1. The summed E-state index contributed by atoms with van der Waals surface area (Å²) in [6.45, 7) is 8.71. The highest BCUT2D eigenvalue weighted by molar-refractivity contribution is 7.91. The van der Waals surface area contributed by atoms with Crippen LogP contribution in [0.25, 0.3) is 10.9 Å². The van der Waals surface area contributed by atoms with Crippen molar-refractivity contribution in [2.45, 2.75) is 101 Å². The van der Waals surface area contributed by atoms with Crippen molar-refractivity contribution < 1.29 is 46.6 Å². The van der Waals surface area contributed by atoms with Crippen molar-refractivity contribution in [2.24, 2.45) is 11.8 Å². The first-order valence-electron chi connectivity index (χ1n) is 18.1. The van der Waals surface area contributed by atoms with Crippen LogP contribution in [0.4, 0.5) is 4.79 Å². The number of benzene rings is 1. The van der Waals surface area contributed by atoms with Gasteiger partial charge in [0.1, 0.15) is 40.9 Å². The Morgan fingerprint density at radius 2 is 1.91 bits per heavy atom. The van der Waals surface area contributed by atoms with Crippen LogP contribution in [0.1, 0.15) is 81.8 Å². The minimum atomic E-state index is -3.91. The molecule has 16 heteroatoms. The molecule has 4 aliphatic rings. The first-order chi connectivity index (χ1) is 25.2. The third-order valence-corrected chi connectivity index (χ3v) is 12.3. The molecule has 2 aromatic rings. The van der Waals surface area contributed by atoms with E-state index in [0.29, 0.717) is 48.1 Å². The van der Waals surface area contributed by atoms with Crippen LogP contribution in [-0.4, -0.2) is 97.1 Å². The van der Waals surface area contributed by atoms with E-state index in [-0.39, 0.29) is 37.5 Å². The Hall–Kier alpha value is -4.73. The van der Waals surface area contributed by atoms with Crippen molar-refractivity contribution in [3.63, 3.8) is 0 Å². The number of fused-ring (bicyclic) bond motifs is 3. The quantitative estimate of drug-likeness (QED) is 0.251. The van der Waals surface area contributed by atoms with Crippen molar-refractivity contribution in [1.29, 1.82) is 0 Å². The van der Waals surface area contributed by atoms with E-state index in [9.17, 15) is 32.4 Å². The summed E-state index contributed by atoms with van der Waals surface area (Å²) in [5.74, 6) is -2.43. The lowest BCUT2D eigenvalue weighted by molar-refractivity contribution is -0.141. The molecule has 3 heterocycles. The van der Waals surface area contributed by atoms with Crippen LogP contribution in [0, 0.1) is 11.8 Å². The number of ether oxygens (including phenoxy) is 3. The summed E-state index contributed by atoms with van der Waals surface area (Å²) in [5.41, 5.74) is -0.0635. The molecule has 0 unspecified atom stereocenters. The molecule has 0 radical (unpaired) electrons. The van der Waals surface area contributed by atoms with Crippen LogP contribution in [-0.2, 0) is 35.6 Å². The number of hydrogen-bond acceptors (Lipinski definition) is 11. The molecule has 6 rings (SSSR count). The van der Waals surface area contributed by atoms with Crippen LogP contribution in [0.15, 0.2) is 30.9 Å². The van der Waals surface area contributed by atoms with Crippen LogP contribution in [0.5, 0.6) is 11.5 Å². The number of hydrogen-bond donors (Lipinski definition) is 3. The molecule has 4 bridgehead atoms. The van der Waals surface area contributed by atoms with Gasteiger partial charge in [0.05, 0.1) is 31.0 Å². The molecular weight excluding hydrogens is 706 g/mol. The van der Waals surface area contributed by atoms with E-state index in [2.05, 4.69) is 26.9 Å². The Bertz CT molecular complexity index is 1950. The average Bonchev–Trinajstić information content (AvgIpc) is 4.04. The van der Waals surface area contributed by atoms with Crippen molar-refractivity contribution in [3.05, 3.63) is 42.1 Å². The summed E-state index contributed by atoms with van der Waals surface area (Å²) in [6, 6.07) is 2.96. The number of aryl methyl sites for hydroxylation is 1. The van der Waals surface area contributed by atoms with Gasteiger partial charge in [-0.1, -0.05) is 19.9 Å². The fraction of sp³-hybridized carbons (Fsp3) is 0.568. The second kappa shape index (κ2) is 15.0. The second-order valence-electron chi connectivity index (χ2n) is 14.7. The Morgan fingerprint density at radius 1 is 1.15 bits per heavy atom. The molecule has 3 fully saturated rings. The van der Waals surface area contributed by atoms with Gasteiger partial charge in [-0.3, -0.25) is 23.9 Å². The standard InChI is InChI=1S/C37H47N5O10S/c1-6-23-18-37(23,35(46)41-53(48,49)25-11-12-25)40-33(44)29-15-24-19-42(29)34(45)32(20(2)3)39-36(47)51-13-9-7-8-10-22-14-26-28(17-30(22)50-5)38-27(21(4)43)16-31(26)52-24/h6,14,16-17,20,23-25,29,32H,1,7-13,15,18-19H2,2-5H3,(H,39,47)(H,40,44)(H,41,46)/t23-,24-,29+,32+,37-/m1/s1. The van der Waals surface area contributed by atoms with E-state index in [1.165, 1.54) is 17.9 Å². The van der Waals surface area contributed by atoms with Gasteiger partial charge in [-0.25, -0.2) is 18.2 Å². The Balaban J connectivity index is 1.37. The summed E-state index contributed by atoms with van der Waals surface area (Å²) in [6.07, 6.45) is 3.67. The van der Waals surface area contributed by atoms with Crippen LogP contribution in [0.2, 0.25) is 0 Å². The number of methoxy groups -OCH3 is 1. The third kappa shape index (κ3) is 7.97. The van der Waals surface area contributed by atoms with E-state index in [4.69, 9.17) is 14.2 Å². The van der Waals surface area contributed by atoms with Crippen LogP contribution in [0.3, 0.4) is 0 Å². The van der Waals surface area contributed by atoms with Gasteiger partial charge < -0.3 is 29.7 Å². The van der Waals surface area contributed by atoms with Gasteiger partial charge in [0.2, 0.25) is 21.8 Å². The van der Waals surface area contributed by atoms with E-state index in [1.54, 1.807) is 33.1 Å². The molecule has 53 heavy (non-hydrogen) atoms. The predicted octanol–water partition coefficient (Wildman–Crippen LogP) is 2.94. The first-order valence-corrected chi connectivity index (χ1v) is 19.7. The van der Waals surface area contributed by atoms with Crippen molar-refractivity contribution >= 4 is 50.5 Å². The lowest BCUT2D eigenvalue weighted by atomic mass is 10.0. The number of nitrogens with zero attached hydrogens (tertiary/aromatic N) is 2. The van der Waals surface area contributed by atoms with Gasteiger partial charge in [0.25, 0.3) is 5.91 Å². The summed E-state index contributed by atoms with van der Waals surface area (Å²) >= 11 is 0. The number of carbonyl (C=O) groups is 5. The highest BCUT2D eigenvalue weighted by Gasteiger charge is 2.62. The van der Waals surface area contributed by atoms with Gasteiger partial charge in [-0.05, 0) is 62.5 Å². The molecule has 2 aliphatic heterocycles. The lowest BCUT2D eigenvalue weighted by Gasteiger charge is -2.31. The zero-order valence-corrected chi connectivity index (χ0v) is 31.3. The van der Waals surface area contributed by atoms with Gasteiger partial charge in [0, 0.05) is 36.8 Å². The largest absolute Gasteiger partial charge is 0.496 e. The first kappa shape index (κ1) is 38.0. The van der Waals surface area contributed by atoms with Crippen molar-refractivity contribution in [3.8, 4) is 11.5 Å². The number of aromatic nitrogens is 1. The number of ketones is 1. The fourth-order valence-corrected chi connectivity index (χ4v) is 8.49. The fourth-order valence-electron chi connectivity index (χ4n) is 7.12. The maximum Gasteiger partial charge on any atom is 0.407 e. The summed E-state index contributed by atoms with van der Waals surface area (Å²) in [4.78, 5) is 73.4. The second-order valence-corrected chi connectivity index (χ2v) is 16.7. The maximum atomic E-state index is 14.3. The number of nitrogens with one attached hydrogen (secondary N) is 3. The number of pyridine rings is 1. The summed E-state index contributed by atoms with van der Waals surface area (Å²) in [5, 5.41) is 5.41. The van der Waals surface area contributed by atoms with E-state index in [0.717, 1.165) is 18.4 Å². The van der Waals surface area contributed by atoms with Gasteiger partial charge in [-0.15, -0.1) is 6.58 Å². The number of rotatable bonds is 9. The zero-order chi connectivity index (χ0) is 38.2. The molecule has 2 saturated carbocycles. The SMILES string of the molecule is C=C[C@@H]1C[C@]1(NC(=O)[C@@H]1C[C@@H]2CN1C(=O)[C@H](C(C)C)NC(=O)OCCCCCc1cc3c(cc(C(C)=O)nc3cc1OC)O2)C(=O)NS(=O)(=O)C1CC1. The maximum absolute atomic E-state index is 14.3. The Morgan fingerprint density at radius 3 is 2.55 bits per heavy atom. The van der Waals surface area contributed by atoms with Gasteiger partial charge in [0.15, 0.2) is 5.78 Å². The van der Waals surface area contributed by atoms with E-state index in [1.807, 2.05) is 6.07 Å². The minimum Gasteiger partial charge on any atom is -0.496 e. The molecule has 286 valence electrons. The van der Waals surface area contributed by atoms with Crippen LogP contribution >= 0.6 is 0 Å². The molecule has 15 nitrogen and oxygen atoms in total. The molecule has 4 amide bonds. The van der Waals surface area contributed by atoms with Gasteiger partial charge in [-0.2, -0.15) is 0 Å². The molecule has 0 spiro atoms. The highest BCUT2D eigenvalue weighted by atomic mass is 32.2. The van der Waals surface area contributed by atoms with Crippen molar-refractivity contribution in [1.82, 2.24) is 25.2 Å².